The lowest BCUT2D eigenvalue weighted by Crippen LogP contribution is -2.46. The number of amides is 1. The molecule has 0 spiro atoms. The zero-order valence-corrected chi connectivity index (χ0v) is 19.6. The van der Waals surface area contributed by atoms with Crippen LogP contribution in [0.2, 0.25) is 0 Å². The van der Waals surface area contributed by atoms with Crippen molar-refractivity contribution in [2.24, 2.45) is 4.99 Å². The highest BCUT2D eigenvalue weighted by Gasteiger charge is 2.43. The molecule has 0 aliphatic carbocycles. The van der Waals surface area contributed by atoms with Crippen LogP contribution in [0.1, 0.15) is 49.5 Å². The number of hydrogen-bond donors (Lipinski definition) is 1. The van der Waals surface area contributed by atoms with Crippen molar-refractivity contribution < 1.29 is 22.7 Å². The molecule has 1 amide bonds. The van der Waals surface area contributed by atoms with Crippen LogP contribution in [0.25, 0.3) is 0 Å². The van der Waals surface area contributed by atoms with E-state index in [0.29, 0.717) is 11.1 Å². The van der Waals surface area contributed by atoms with Gasteiger partial charge in [0.2, 0.25) is 5.96 Å². The van der Waals surface area contributed by atoms with Crippen LogP contribution in [0.15, 0.2) is 77.8 Å². The van der Waals surface area contributed by atoms with Gasteiger partial charge >= 0.3 is 6.09 Å². The molecule has 1 aliphatic rings. The van der Waals surface area contributed by atoms with Crippen molar-refractivity contribution in [2.75, 3.05) is 0 Å². The first-order valence-electron chi connectivity index (χ1n) is 11.2. The number of guanidine groups is 1. The maximum Gasteiger partial charge on any atom is 0.417 e. The summed E-state index contributed by atoms with van der Waals surface area (Å²) in [5, 5.41) is 3.16. The summed E-state index contributed by atoms with van der Waals surface area (Å²) in [6.07, 6.45) is -0.637. The zero-order valence-electron chi connectivity index (χ0n) is 19.6. The smallest absolute Gasteiger partial charge is 0.417 e. The Labute approximate surface area is 202 Å². The molecule has 8 heteroatoms. The van der Waals surface area contributed by atoms with Gasteiger partial charge in [-0.05, 0) is 73.9 Å². The van der Waals surface area contributed by atoms with Crippen molar-refractivity contribution in [1.29, 1.82) is 0 Å². The average molecular weight is 482 g/mol. The van der Waals surface area contributed by atoms with Gasteiger partial charge in [-0.1, -0.05) is 36.4 Å². The number of rotatable bonds is 4. The minimum Gasteiger partial charge on any atom is -0.443 e. The standard InChI is InChI=1S/C27H26F3N3O2/c1-27(2,3)35-26(34)33-24(19-8-14-22(30)15-9-19)23(18-6-12-21(29)13-7-18)32-25(33)31-16-17-4-10-20(28)11-5-17/h4-15,23-24H,16H2,1-3H3,(H,31,32)/t23-,24+/m1/s1. The molecule has 35 heavy (non-hydrogen) atoms. The lowest BCUT2D eigenvalue weighted by atomic mass is 9.94. The summed E-state index contributed by atoms with van der Waals surface area (Å²) in [6.45, 7) is 5.54. The van der Waals surface area contributed by atoms with Gasteiger partial charge in [0.1, 0.15) is 29.1 Å². The third-order valence-electron chi connectivity index (χ3n) is 5.44. The van der Waals surface area contributed by atoms with Crippen molar-refractivity contribution in [3.63, 3.8) is 0 Å². The van der Waals surface area contributed by atoms with Crippen LogP contribution in [-0.4, -0.2) is 22.6 Å². The highest BCUT2D eigenvalue weighted by Crippen LogP contribution is 2.42. The van der Waals surface area contributed by atoms with Gasteiger partial charge < -0.3 is 10.1 Å². The molecule has 0 radical (unpaired) electrons. The third kappa shape index (κ3) is 5.82. The Morgan fingerprint density at radius 2 is 1.34 bits per heavy atom. The molecule has 0 saturated heterocycles. The third-order valence-corrected chi connectivity index (χ3v) is 5.44. The van der Waals surface area contributed by atoms with E-state index >= 15 is 0 Å². The molecule has 0 bridgehead atoms. The first-order valence-corrected chi connectivity index (χ1v) is 11.2. The summed E-state index contributed by atoms with van der Waals surface area (Å²) < 4.78 is 46.4. The molecule has 2 atom stereocenters. The van der Waals surface area contributed by atoms with Crippen LogP contribution in [0, 0.1) is 17.5 Å². The van der Waals surface area contributed by atoms with E-state index in [4.69, 9.17) is 9.73 Å². The molecule has 0 aromatic heterocycles. The van der Waals surface area contributed by atoms with E-state index in [0.717, 1.165) is 5.56 Å². The maximum atomic E-state index is 13.7. The molecule has 1 aliphatic heterocycles. The van der Waals surface area contributed by atoms with Crippen LogP contribution >= 0.6 is 0 Å². The van der Waals surface area contributed by atoms with E-state index in [2.05, 4.69) is 5.32 Å². The number of nitrogens with zero attached hydrogens (tertiary/aromatic N) is 2. The van der Waals surface area contributed by atoms with Gasteiger partial charge in [0.05, 0.1) is 6.04 Å². The second-order valence-electron chi connectivity index (χ2n) is 9.28. The number of nitrogens with one attached hydrogen (secondary N) is 1. The van der Waals surface area contributed by atoms with Gasteiger partial charge in [-0.2, -0.15) is 0 Å². The van der Waals surface area contributed by atoms with E-state index < -0.39 is 35.4 Å². The van der Waals surface area contributed by atoms with Gasteiger partial charge in [0.25, 0.3) is 0 Å². The minimum absolute atomic E-state index is 0.243. The second kappa shape index (κ2) is 9.82. The average Bonchev–Trinajstić information content (AvgIpc) is 3.18. The van der Waals surface area contributed by atoms with Crippen LogP contribution in [0.3, 0.4) is 0 Å². The van der Waals surface area contributed by atoms with Crippen molar-refractivity contribution in [1.82, 2.24) is 10.2 Å². The number of aliphatic imine (C=N–C) groups is 1. The summed E-state index contributed by atoms with van der Waals surface area (Å²) in [5.41, 5.74) is 1.31. The number of benzene rings is 3. The van der Waals surface area contributed by atoms with Crippen molar-refractivity contribution >= 4 is 12.1 Å². The SMILES string of the molecule is CC(C)(C)OC(=O)N1C(NCc2ccc(F)cc2)=N[C@H](c2ccc(F)cc2)[C@@H]1c1ccc(F)cc1. The van der Waals surface area contributed by atoms with Gasteiger partial charge in [-0.15, -0.1) is 0 Å². The fourth-order valence-electron chi connectivity index (χ4n) is 3.87. The Kier molecular flexibility index (Phi) is 6.82. The molecule has 182 valence electrons. The predicted molar refractivity (Wildman–Crippen MR) is 127 cm³/mol. The van der Waals surface area contributed by atoms with Crippen LogP contribution in [-0.2, 0) is 11.3 Å². The van der Waals surface area contributed by atoms with E-state index in [1.54, 1.807) is 57.2 Å². The molecule has 1 heterocycles. The number of halogens is 3. The summed E-state index contributed by atoms with van der Waals surface area (Å²) in [6, 6.07) is 16.4. The predicted octanol–water partition coefficient (Wildman–Crippen LogP) is 6.28. The molecule has 0 unspecified atom stereocenters. The highest BCUT2D eigenvalue weighted by atomic mass is 19.1. The van der Waals surface area contributed by atoms with Crippen molar-refractivity contribution in [3.8, 4) is 0 Å². The van der Waals surface area contributed by atoms with Gasteiger partial charge in [0, 0.05) is 6.54 Å². The molecule has 0 fully saturated rings. The Morgan fingerprint density at radius 3 is 1.86 bits per heavy atom. The molecule has 4 rings (SSSR count). The Morgan fingerprint density at radius 1 is 0.857 bits per heavy atom. The minimum atomic E-state index is -0.777. The number of carbonyl (C=O) groups excluding carboxylic acids is 1. The Hall–Kier alpha value is -3.81. The Bertz CT molecular complexity index is 1200. The second-order valence-corrected chi connectivity index (χ2v) is 9.28. The fourth-order valence-corrected chi connectivity index (χ4v) is 3.87. The number of hydrogen-bond acceptors (Lipinski definition) is 4. The van der Waals surface area contributed by atoms with Crippen LogP contribution < -0.4 is 5.32 Å². The molecule has 1 N–H and O–H groups in total. The van der Waals surface area contributed by atoms with Gasteiger partial charge in [-0.25, -0.2) is 27.9 Å². The quantitative estimate of drug-likeness (QED) is 0.477. The van der Waals surface area contributed by atoms with Crippen LogP contribution in [0.5, 0.6) is 0 Å². The lowest BCUT2D eigenvalue weighted by Gasteiger charge is -2.31. The molecular formula is C27H26F3N3O2. The fraction of sp³-hybridized carbons (Fsp3) is 0.259. The van der Waals surface area contributed by atoms with Crippen LogP contribution in [0.4, 0.5) is 18.0 Å². The zero-order chi connectivity index (χ0) is 25.2. The van der Waals surface area contributed by atoms with E-state index in [9.17, 15) is 18.0 Å². The summed E-state index contributed by atoms with van der Waals surface area (Å²) in [5.74, 6) is -0.917. The maximum absolute atomic E-state index is 13.7. The van der Waals surface area contributed by atoms with Gasteiger partial charge in [-0.3, -0.25) is 0 Å². The van der Waals surface area contributed by atoms with Crippen molar-refractivity contribution in [2.45, 2.75) is 45.0 Å². The molecule has 5 nitrogen and oxygen atoms in total. The van der Waals surface area contributed by atoms with Gasteiger partial charge in [0.15, 0.2) is 0 Å². The Balaban J connectivity index is 1.75. The first-order chi connectivity index (χ1) is 16.6. The van der Waals surface area contributed by atoms with E-state index in [1.807, 2.05) is 0 Å². The molecular weight excluding hydrogens is 455 g/mol. The largest absolute Gasteiger partial charge is 0.443 e. The normalized spacial score (nSPS) is 17.8. The summed E-state index contributed by atoms with van der Waals surface area (Å²) >= 11 is 0. The monoisotopic (exact) mass is 481 g/mol. The molecule has 3 aromatic carbocycles. The topological polar surface area (TPSA) is 53.9 Å². The number of ether oxygens (including phenoxy) is 1. The summed E-state index contributed by atoms with van der Waals surface area (Å²) in [7, 11) is 0. The van der Waals surface area contributed by atoms with E-state index in [-0.39, 0.29) is 18.3 Å². The summed E-state index contributed by atoms with van der Waals surface area (Å²) in [4.78, 5) is 19.6. The number of carbonyl (C=O) groups is 1. The lowest BCUT2D eigenvalue weighted by molar-refractivity contribution is 0.0310. The van der Waals surface area contributed by atoms with E-state index in [1.165, 1.54) is 41.3 Å². The highest BCUT2D eigenvalue weighted by molar-refractivity contribution is 5.96. The first kappa shape index (κ1) is 24.3. The molecule has 3 aromatic rings. The molecule has 0 saturated carbocycles. The van der Waals surface area contributed by atoms with Crippen molar-refractivity contribution in [3.05, 3.63) is 107 Å².